The molecule has 0 bridgehead atoms. The van der Waals surface area contributed by atoms with Crippen LogP contribution in [0.2, 0.25) is 0 Å². The second kappa shape index (κ2) is 7.31. The van der Waals surface area contributed by atoms with Crippen molar-refractivity contribution >= 4 is 5.91 Å². The number of aryl methyl sites for hydroxylation is 2. The van der Waals surface area contributed by atoms with Crippen molar-refractivity contribution in [2.45, 2.75) is 38.8 Å². The molecule has 1 amide bonds. The highest BCUT2D eigenvalue weighted by Crippen LogP contribution is 2.33. The number of benzene rings is 2. The van der Waals surface area contributed by atoms with Crippen LogP contribution in [0.5, 0.6) is 0 Å². The second-order valence-electron chi connectivity index (χ2n) is 7.12. The van der Waals surface area contributed by atoms with E-state index in [9.17, 15) is 4.79 Å². The van der Waals surface area contributed by atoms with Gasteiger partial charge in [0.2, 0.25) is 11.7 Å². The lowest BCUT2D eigenvalue weighted by Gasteiger charge is -2.33. The van der Waals surface area contributed by atoms with Crippen LogP contribution in [-0.2, 0) is 17.8 Å². The number of likely N-dealkylation sites (N-methyl/N-ethyl adjacent to an activating group) is 1. The van der Waals surface area contributed by atoms with E-state index in [2.05, 4.69) is 33.6 Å². The van der Waals surface area contributed by atoms with Gasteiger partial charge in [0.1, 0.15) is 6.54 Å². The number of aromatic nitrogens is 4. The largest absolute Gasteiger partial charge is 0.337 e. The topological polar surface area (TPSA) is 63.9 Å². The molecule has 1 aliphatic rings. The van der Waals surface area contributed by atoms with Gasteiger partial charge in [0, 0.05) is 12.6 Å². The standard InChI is InChI=1S/C21H23N5O/c1-15-10-12-17(13-11-15)21-22-24-26(23-21)14-20(27)25(2)19-9-5-7-16-6-3-4-8-18(16)19/h3-4,6,8,10-13,19H,5,7,9,14H2,1-2H3/t19-/m0/s1. The van der Waals surface area contributed by atoms with Gasteiger partial charge in [-0.1, -0.05) is 54.1 Å². The smallest absolute Gasteiger partial charge is 0.246 e. The van der Waals surface area contributed by atoms with Gasteiger partial charge in [-0.25, -0.2) is 0 Å². The lowest BCUT2D eigenvalue weighted by molar-refractivity contribution is -0.133. The fourth-order valence-electron chi connectivity index (χ4n) is 3.67. The number of amides is 1. The van der Waals surface area contributed by atoms with Gasteiger partial charge in [-0.2, -0.15) is 4.80 Å². The normalized spacial score (nSPS) is 16.0. The molecule has 4 rings (SSSR count). The first kappa shape index (κ1) is 17.4. The lowest BCUT2D eigenvalue weighted by atomic mass is 9.87. The SMILES string of the molecule is Cc1ccc(-c2nnn(CC(=O)N(C)[C@H]3CCCc4ccccc43)n2)cc1. The Hall–Kier alpha value is -3.02. The first-order valence-electron chi connectivity index (χ1n) is 9.30. The Morgan fingerprint density at radius 1 is 1.19 bits per heavy atom. The summed E-state index contributed by atoms with van der Waals surface area (Å²) in [7, 11) is 1.87. The Kier molecular flexibility index (Phi) is 4.71. The van der Waals surface area contributed by atoms with Gasteiger partial charge < -0.3 is 4.90 Å². The van der Waals surface area contributed by atoms with Crippen LogP contribution >= 0.6 is 0 Å². The first-order valence-corrected chi connectivity index (χ1v) is 9.30. The van der Waals surface area contributed by atoms with Crippen LogP contribution in [0, 0.1) is 6.92 Å². The maximum atomic E-state index is 12.8. The van der Waals surface area contributed by atoms with Crippen LogP contribution in [0.25, 0.3) is 11.4 Å². The number of rotatable bonds is 4. The summed E-state index contributed by atoms with van der Waals surface area (Å²) < 4.78 is 0. The fraction of sp³-hybridized carbons (Fsp3) is 0.333. The highest BCUT2D eigenvalue weighted by atomic mass is 16.2. The van der Waals surface area contributed by atoms with E-state index in [0.717, 1.165) is 24.8 Å². The molecule has 3 aromatic rings. The van der Waals surface area contributed by atoms with E-state index in [1.807, 2.05) is 49.2 Å². The van der Waals surface area contributed by atoms with Crippen LogP contribution in [-0.4, -0.2) is 38.1 Å². The summed E-state index contributed by atoms with van der Waals surface area (Å²) in [6.07, 6.45) is 3.16. The Morgan fingerprint density at radius 2 is 1.96 bits per heavy atom. The molecule has 1 heterocycles. The maximum Gasteiger partial charge on any atom is 0.246 e. The quantitative estimate of drug-likeness (QED) is 0.716. The van der Waals surface area contributed by atoms with Crippen molar-refractivity contribution in [3.63, 3.8) is 0 Å². The number of tetrazole rings is 1. The van der Waals surface area contributed by atoms with Crippen molar-refractivity contribution in [3.8, 4) is 11.4 Å². The van der Waals surface area contributed by atoms with Gasteiger partial charge >= 0.3 is 0 Å². The average Bonchev–Trinajstić information content (AvgIpc) is 3.16. The third kappa shape index (κ3) is 3.60. The minimum atomic E-state index is -0.00967. The van der Waals surface area contributed by atoms with Gasteiger partial charge in [0.05, 0.1) is 6.04 Å². The van der Waals surface area contributed by atoms with Gasteiger partial charge in [0.15, 0.2) is 0 Å². The van der Waals surface area contributed by atoms with Crippen molar-refractivity contribution in [1.29, 1.82) is 0 Å². The Labute approximate surface area is 158 Å². The van der Waals surface area contributed by atoms with Crippen LogP contribution < -0.4 is 0 Å². The average molecular weight is 361 g/mol. The molecule has 6 nitrogen and oxygen atoms in total. The van der Waals surface area contributed by atoms with Gasteiger partial charge in [-0.3, -0.25) is 4.79 Å². The molecule has 0 saturated heterocycles. The molecule has 1 aromatic heterocycles. The first-order chi connectivity index (χ1) is 13.1. The Balaban J connectivity index is 1.47. The Morgan fingerprint density at radius 3 is 2.78 bits per heavy atom. The molecule has 0 radical (unpaired) electrons. The summed E-state index contributed by atoms with van der Waals surface area (Å²) in [5.41, 5.74) is 4.67. The molecular weight excluding hydrogens is 338 g/mol. The summed E-state index contributed by atoms with van der Waals surface area (Å²) in [6, 6.07) is 16.5. The van der Waals surface area contributed by atoms with E-state index in [0.29, 0.717) is 5.82 Å². The van der Waals surface area contributed by atoms with Crippen LogP contribution in [0.1, 0.15) is 35.6 Å². The summed E-state index contributed by atoms with van der Waals surface area (Å²) in [5.74, 6) is 0.526. The van der Waals surface area contributed by atoms with E-state index in [-0.39, 0.29) is 18.5 Å². The molecule has 27 heavy (non-hydrogen) atoms. The summed E-state index contributed by atoms with van der Waals surface area (Å²) in [6.45, 7) is 2.13. The number of carbonyl (C=O) groups is 1. The number of nitrogens with zero attached hydrogens (tertiary/aromatic N) is 5. The predicted octanol–water partition coefficient (Wildman–Crippen LogP) is 3.18. The van der Waals surface area contributed by atoms with Gasteiger partial charge in [-0.15, -0.1) is 10.2 Å². The summed E-state index contributed by atoms with van der Waals surface area (Å²) in [4.78, 5) is 16.0. The summed E-state index contributed by atoms with van der Waals surface area (Å²) >= 11 is 0. The van der Waals surface area contributed by atoms with Crippen molar-refractivity contribution in [2.75, 3.05) is 7.05 Å². The molecule has 6 heteroatoms. The van der Waals surface area contributed by atoms with Gasteiger partial charge in [0.25, 0.3) is 0 Å². The van der Waals surface area contributed by atoms with Crippen LogP contribution in [0.15, 0.2) is 48.5 Å². The molecule has 0 saturated carbocycles. The zero-order valence-corrected chi connectivity index (χ0v) is 15.7. The molecule has 0 spiro atoms. The molecule has 0 unspecified atom stereocenters. The van der Waals surface area contributed by atoms with E-state index in [1.165, 1.54) is 21.5 Å². The molecular formula is C21H23N5O. The molecule has 138 valence electrons. The van der Waals surface area contributed by atoms with E-state index >= 15 is 0 Å². The monoisotopic (exact) mass is 361 g/mol. The number of hydrogen-bond donors (Lipinski definition) is 0. The minimum absolute atomic E-state index is 0.00967. The fourth-order valence-corrected chi connectivity index (χ4v) is 3.67. The van der Waals surface area contributed by atoms with Crippen molar-refractivity contribution in [1.82, 2.24) is 25.1 Å². The van der Waals surface area contributed by atoms with Crippen molar-refractivity contribution in [2.24, 2.45) is 0 Å². The highest BCUT2D eigenvalue weighted by Gasteiger charge is 2.26. The molecule has 0 fully saturated rings. The minimum Gasteiger partial charge on any atom is -0.337 e. The summed E-state index contributed by atoms with van der Waals surface area (Å²) in [5, 5.41) is 12.5. The lowest BCUT2D eigenvalue weighted by Crippen LogP contribution is -2.36. The third-order valence-corrected chi connectivity index (χ3v) is 5.24. The molecule has 0 aliphatic heterocycles. The molecule has 0 N–H and O–H groups in total. The highest BCUT2D eigenvalue weighted by molar-refractivity contribution is 5.76. The molecule has 2 aromatic carbocycles. The third-order valence-electron chi connectivity index (χ3n) is 5.24. The number of hydrogen-bond acceptors (Lipinski definition) is 4. The van der Waals surface area contributed by atoms with E-state index in [1.54, 1.807) is 0 Å². The van der Waals surface area contributed by atoms with E-state index in [4.69, 9.17) is 0 Å². The Bertz CT molecular complexity index is 947. The van der Waals surface area contributed by atoms with E-state index < -0.39 is 0 Å². The van der Waals surface area contributed by atoms with Gasteiger partial charge in [-0.05, 0) is 42.5 Å². The van der Waals surface area contributed by atoms with Crippen LogP contribution in [0.4, 0.5) is 0 Å². The number of fused-ring (bicyclic) bond motifs is 1. The second-order valence-corrected chi connectivity index (χ2v) is 7.12. The molecule has 1 aliphatic carbocycles. The molecule has 1 atom stereocenters. The zero-order chi connectivity index (χ0) is 18.8. The maximum absolute atomic E-state index is 12.8. The van der Waals surface area contributed by atoms with Crippen LogP contribution in [0.3, 0.4) is 0 Å². The number of carbonyl (C=O) groups excluding carboxylic acids is 1. The zero-order valence-electron chi connectivity index (χ0n) is 15.7. The van der Waals surface area contributed by atoms with Crippen molar-refractivity contribution < 1.29 is 4.79 Å². The predicted molar refractivity (Wildman–Crippen MR) is 103 cm³/mol. The van der Waals surface area contributed by atoms with Crippen molar-refractivity contribution in [3.05, 3.63) is 65.2 Å².